The van der Waals surface area contributed by atoms with Crippen LogP contribution in [0.15, 0.2) is 40.5 Å². The van der Waals surface area contributed by atoms with Crippen LogP contribution in [-0.2, 0) is 0 Å². The monoisotopic (exact) mass is 309 g/mol. The van der Waals surface area contributed by atoms with E-state index in [-0.39, 0.29) is 21.9 Å². The molecule has 9 heteroatoms. The molecule has 1 aromatic heterocycles. The fourth-order valence-electron chi connectivity index (χ4n) is 1.37. The molecule has 2 aromatic rings. The van der Waals surface area contributed by atoms with Gasteiger partial charge >= 0.3 is 0 Å². The summed E-state index contributed by atoms with van der Waals surface area (Å²) in [6, 6.07) is 6.39. The molecular formula is C11H7N3O4S2. The van der Waals surface area contributed by atoms with E-state index in [0.29, 0.717) is 0 Å². The Labute approximate surface area is 121 Å². The first-order valence-corrected chi connectivity index (χ1v) is 6.50. The number of thiocarbonyl (C=S) groups is 1. The normalized spacial score (nSPS) is 10.0. The van der Waals surface area contributed by atoms with Crippen LogP contribution in [0.3, 0.4) is 0 Å². The van der Waals surface area contributed by atoms with Crippen molar-refractivity contribution >= 4 is 40.5 Å². The van der Waals surface area contributed by atoms with Crippen LogP contribution in [0.25, 0.3) is 0 Å². The molecule has 0 aliphatic rings. The van der Waals surface area contributed by atoms with Gasteiger partial charge in [-0.25, -0.2) is 3.96 Å². The lowest BCUT2D eigenvalue weighted by Gasteiger charge is -2.05. The van der Waals surface area contributed by atoms with E-state index in [9.17, 15) is 19.7 Å². The summed E-state index contributed by atoms with van der Waals surface area (Å²) in [5.74, 6) is -0.537. The fourth-order valence-corrected chi connectivity index (χ4v) is 2.29. The molecule has 0 atom stereocenters. The van der Waals surface area contributed by atoms with Crippen molar-refractivity contribution in [2.24, 2.45) is 0 Å². The highest BCUT2D eigenvalue weighted by molar-refractivity contribution is 7.80. The van der Waals surface area contributed by atoms with Crippen molar-refractivity contribution < 1.29 is 9.72 Å². The van der Waals surface area contributed by atoms with Gasteiger partial charge in [0.1, 0.15) is 0 Å². The number of non-ortho nitro benzene ring substituents is 1. The van der Waals surface area contributed by atoms with Crippen LogP contribution in [0.4, 0.5) is 5.69 Å². The smallest absolute Gasteiger partial charge is 0.269 e. The number of nitrogens with one attached hydrogen (secondary N) is 1. The van der Waals surface area contributed by atoms with E-state index in [1.165, 1.54) is 30.3 Å². The van der Waals surface area contributed by atoms with E-state index in [0.717, 1.165) is 15.5 Å². The van der Waals surface area contributed by atoms with Crippen LogP contribution in [0.1, 0.15) is 10.4 Å². The number of benzene rings is 1. The molecule has 0 spiro atoms. The van der Waals surface area contributed by atoms with Gasteiger partial charge in [-0.05, 0) is 24.4 Å². The molecular weight excluding hydrogens is 302 g/mol. The first-order valence-electron chi connectivity index (χ1n) is 5.26. The third kappa shape index (κ3) is 2.95. The number of nitro benzene ring substituents is 1. The molecule has 1 amide bonds. The van der Waals surface area contributed by atoms with E-state index in [1.807, 2.05) is 0 Å². The van der Waals surface area contributed by atoms with Crippen molar-refractivity contribution in [3.63, 3.8) is 0 Å². The summed E-state index contributed by atoms with van der Waals surface area (Å²) in [4.78, 5) is 33.2. The van der Waals surface area contributed by atoms with Gasteiger partial charge in [-0.1, -0.05) is 11.5 Å². The van der Waals surface area contributed by atoms with Gasteiger partial charge in [0.05, 0.1) is 4.92 Å². The summed E-state index contributed by atoms with van der Waals surface area (Å²) in [6.07, 6.45) is 0. The zero-order chi connectivity index (χ0) is 14.7. The van der Waals surface area contributed by atoms with Crippen molar-refractivity contribution in [1.82, 2.24) is 9.27 Å². The molecule has 0 aliphatic heterocycles. The third-order valence-electron chi connectivity index (χ3n) is 2.32. The van der Waals surface area contributed by atoms with Gasteiger partial charge in [-0.15, -0.1) is 0 Å². The number of hydrogen-bond acceptors (Lipinski definition) is 6. The first kappa shape index (κ1) is 14.0. The van der Waals surface area contributed by atoms with Gasteiger partial charge < -0.3 is 0 Å². The second kappa shape index (κ2) is 5.72. The minimum absolute atomic E-state index is 0.0339. The lowest BCUT2D eigenvalue weighted by Crippen LogP contribution is -2.36. The quantitative estimate of drug-likeness (QED) is 0.514. The minimum Gasteiger partial charge on any atom is -0.298 e. The molecule has 0 bridgehead atoms. The van der Waals surface area contributed by atoms with E-state index in [2.05, 4.69) is 5.32 Å². The van der Waals surface area contributed by atoms with Gasteiger partial charge in [-0.3, -0.25) is 25.0 Å². The van der Waals surface area contributed by atoms with Crippen molar-refractivity contribution in [1.29, 1.82) is 0 Å². The average molecular weight is 309 g/mol. The Kier molecular flexibility index (Phi) is 4.01. The molecule has 0 fully saturated rings. The molecule has 0 aliphatic carbocycles. The summed E-state index contributed by atoms with van der Waals surface area (Å²) in [5.41, 5.74) is -0.231. The molecule has 0 radical (unpaired) electrons. The maximum Gasteiger partial charge on any atom is 0.269 e. The summed E-state index contributed by atoms with van der Waals surface area (Å²) < 4.78 is 1.15. The second-order valence-electron chi connectivity index (χ2n) is 3.60. The maximum atomic E-state index is 11.9. The highest BCUT2D eigenvalue weighted by Gasteiger charge is 2.12. The Morgan fingerprint density at radius 2 is 1.95 bits per heavy atom. The predicted octanol–water partition coefficient (Wildman–Crippen LogP) is 1.38. The van der Waals surface area contributed by atoms with Crippen molar-refractivity contribution in [2.45, 2.75) is 0 Å². The average Bonchev–Trinajstić information content (AvgIpc) is 2.85. The Morgan fingerprint density at radius 1 is 1.30 bits per heavy atom. The van der Waals surface area contributed by atoms with Crippen LogP contribution >= 0.6 is 23.8 Å². The zero-order valence-corrected chi connectivity index (χ0v) is 11.4. The highest BCUT2D eigenvalue weighted by atomic mass is 32.1. The SMILES string of the molecule is O=C(NC(=S)n1sccc1=O)c1ccc([N+](=O)[O-])cc1. The Hall–Kier alpha value is -2.39. The van der Waals surface area contributed by atoms with Crippen LogP contribution in [0.5, 0.6) is 0 Å². The molecule has 102 valence electrons. The number of hydrogen-bond donors (Lipinski definition) is 1. The predicted molar refractivity (Wildman–Crippen MR) is 77.1 cm³/mol. The van der Waals surface area contributed by atoms with E-state index in [1.54, 1.807) is 5.38 Å². The Bertz CT molecular complexity index is 733. The summed E-state index contributed by atoms with van der Waals surface area (Å²) in [7, 11) is 0. The fraction of sp³-hybridized carbons (Fsp3) is 0. The number of nitrogens with zero attached hydrogens (tertiary/aromatic N) is 2. The summed E-state index contributed by atoms with van der Waals surface area (Å²) in [6.45, 7) is 0. The van der Waals surface area contributed by atoms with Gasteiger partial charge in [0.2, 0.25) is 0 Å². The number of carbonyl (C=O) groups excluding carboxylic acids is 1. The molecule has 2 rings (SSSR count). The molecule has 0 saturated heterocycles. The second-order valence-corrected chi connectivity index (χ2v) is 4.84. The molecule has 0 saturated carbocycles. The molecule has 1 aromatic carbocycles. The van der Waals surface area contributed by atoms with Crippen molar-refractivity contribution in [3.8, 4) is 0 Å². The zero-order valence-electron chi connectivity index (χ0n) is 9.81. The van der Waals surface area contributed by atoms with E-state index in [4.69, 9.17) is 12.2 Å². The largest absolute Gasteiger partial charge is 0.298 e. The van der Waals surface area contributed by atoms with Crippen LogP contribution in [-0.4, -0.2) is 19.9 Å². The number of nitro groups is 1. The van der Waals surface area contributed by atoms with Crippen molar-refractivity contribution in [2.75, 3.05) is 0 Å². The number of rotatable bonds is 2. The van der Waals surface area contributed by atoms with E-state index >= 15 is 0 Å². The van der Waals surface area contributed by atoms with Gasteiger partial charge in [0.25, 0.3) is 17.2 Å². The van der Waals surface area contributed by atoms with E-state index < -0.39 is 10.8 Å². The topological polar surface area (TPSA) is 94.2 Å². The van der Waals surface area contributed by atoms with Crippen LogP contribution in [0, 0.1) is 10.1 Å². The third-order valence-corrected chi connectivity index (χ3v) is 3.55. The van der Waals surface area contributed by atoms with Gasteiger partial charge in [0, 0.05) is 29.1 Å². The number of amides is 1. The lowest BCUT2D eigenvalue weighted by molar-refractivity contribution is -0.384. The van der Waals surface area contributed by atoms with Crippen LogP contribution in [0.2, 0.25) is 0 Å². The number of aromatic nitrogens is 1. The highest BCUT2D eigenvalue weighted by Crippen LogP contribution is 2.11. The molecule has 1 heterocycles. The Balaban J connectivity index is 2.12. The first-order chi connectivity index (χ1) is 9.49. The number of carbonyl (C=O) groups is 1. The lowest BCUT2D eigenvalue weighted by atomic mass is 10.2. The maximum absolute atomic E-state index is 11.9. The summed E-state index contributed by atoms with van der Waals surface area (Å²) in [5, 5.41) is 14.4. The standard InChI is InChI=1S/C11H7N3O4S2/c15-9-5-6-20-13(9)11(19)12-10(16)7-1-3-8(4-2-7)14(17)18/h1-6H,(H,12,16,19). The van der Waals surface area contributed by atoms with Crippen LogP contribution < -0.4 is 10.9 Å². The van der Waals surface area contributed by atoms with Crippen molar-refractivity contribution in [3.05, 3.63) is 61.7 Å². The molecule has 20 heavy (non-hydrogen) atoms. The minimum atomic E-state index is -0.558. The van der Waals surface area contributed by atoms with Gasteiger partial charge in [-0.2, -0.15) is 0 Å². The molecule has 7 nitrogen and oxygen atoms in total. The molecule has 0 unspecified atom stereocenters. The Morgan fingerprint density at radius 3 is 2.45 bits per heavy atom. The summed E-state index contributed by atoms with van der Waals surface area (Å²) >= 11 is 6.00. The van der Waals surface area contributed by atoms with Gasteiger partial charge in [0.15, 0.2) is 5.11 Å². The molecule has 1 N–H and O–H groups in total.